The van der Waals surface area contributed by atoms with Crippen LogP contribution in [0.3, 0.4) is 0 Å². The smallest absolute Gasteiger partial charge is 0.291 e. The Labute approximate surface area is 162 Å². The van der Waals surface area contributed by atoms with Gasteiger partial charge < -0.3 is 19.9 Å². The van der Waals surface area contributed by atoms with E-state index in [1.165, 1.54) is 18.2 Å². The molecule has 28 heavy (non-hydrogen) atoms. The van der Waals surface area contributed by atoms with Crippen LogP contribution in [-0.2, 0) is 0 Å². The average molecular weight is 399 g/mol. The van der Waals surface area contributed by atoms with Gasteiger partial charge in [0.2, 0.25) is 5.76 Å². The molecular weight excluding hydrogens is 387 g/mol. The standard InChI is InChI=1S/C20H12ClFN2O4/c21-11-3-1-10(2-4-11)14-7-8-16(27-14)20(26)24-17-13-9-12(22)5-6-15(13)28-18(17)19(23)25/h1-9H,(H2,23,25)(H,24,26). The summed E-state index contributed by atoms with van der Waals surface area (Å²) < 4.78 is 24.5. The van der Waals surface area contributed by atoms with E-state index in [0.717, 1.165) is 11.6 Å². The number of fused-ring (bicyclic) bond motifs is 1. The Balaban J connectivity index is 1.67. The van der Waals surface area contributed by atoms with E-state index < -0.39 is 17.6 Å². The highest BCUT2D eigenvalue weighted by Crippen LogP contribution is 2.32. The normalized spacial score (nSPS) is 10.9. The van der Waals surface area contributed by atoms with E-state index in [-0.39, 0.29) is 28.2 Å². The minimum atomic E-state index is -0.895. The molecule has 2 heterocycles. The number of benzene rings is 2. The molecule has 0 unspecified atom stereocenters. The first-order valence-corrected chi connectivity index (χ1v) is 8.49. The first-order chi connectivity index (χ1) is 13.4. The predicted molar refractivity (Wildman–Crippen MR) is 102 cm³/mol. The van der Waals surface area contributed by atoms with Crippen LogP contribution in [0.1, 0.15) is 21.1 Å². The van der Waals surface area contributed by atoms with Crippen molar-refractivity contribution in [3.05, 3.63) is 77.0 Å². The summed E-state index contributed by atoms with van der Waals surface area (Å²) in [7, 11) is 0. The lowest BCUT2D eigenvalue weighted by Crippen LogP contribution is -2.16. The van der Waals surface area contributed by atoms with E-state index in [0.29, 0.717) is 10.8 Å². The molecule has 0 aliphatic rings. The highest BCUT2D eigenvalue weighted by atomic mass is 35.5. The fourth-order valence-corrected chi connectivity index (χ4v) is 2.90. The van der Waals surface area contributed by atoms with Crippen LogP contribution in [0.15, 0.2) is 63.4 Å². The molecule has 0 aliphatic heterocycles. The summed E-state index contributed by atoms with van der Waals surface area (Å²) >= 11 is 5.87. The number of rotatable bonds is 4. The minimum absolute atomic E-state index is 0.00822. The van der Waals surface area contributed by atoms with Crippen LogP contribution in [0.25, 0.3) is 22.3 Å². The Morgan fingerprint density at radius 2 is 1.75 bits per heavy atom. The molecule has 8 heteroatoms. The number of nitrogens with one attached hydrogen (secondary N) is 1. The molecule has 3 N–H and O–H groups in total. The Morgan fingerprint density at radius 3 is 2.46 bits per heavy atom. The lowest BCUT2D eigenvalue weighted by molar-refractivity contribution is 0.0977. The summed E-state index contributed by atoms with van der Waals surface area (Å²) in [6.07, 6.45) is 0. The number of halogens is 2. The first-order valence-electron chi connectivity index (χ1n) is 8.11. The van der Waals surface area contributed by atoms with Crippen LogP contribution in [0.2, 0.25) is 5.02 Å². The van der Waals surface area contributed by atoms with Crippen molar-refractivity contribution in [1.82, 2.24) is 0 Å². The molecule has 0 saturated heterocycles. The summed E-state index contributed by atoms with van der Waals surface area (Å²) in [6.45, 7) is 0. The van der Waals surface area contributed by atoms with Gasteiger partial charge in [0.25, 0.3) is 11.8 Å². The summed E-state index contributed by atoms with van der Waals surface area (Å²) in [5, 5.41) is 3.31. The molecule has 140 valence electrons. The highest BCUT2D eigenvalue weighted by Gasteiger charge is 2.22. The van der Waals surface area contributed by atoms with Crippen LogP contribution in [0, 0.1) is 5.82 Å². The number of amides is 2. The number of hydrogen-bond acceptors (Lipinski definition) is 4. The second-order valence-electron chi connectivity index (χ2n) is 5.94. The van der Waals surface area contributed by atoms with E-state index in [1.807, 2.05) is 0 Å². The molecule has 0 fully saturated rings. The SMILES string of the molecule is NC(=O)c1oc2ccc(F)cc2c1NC(=O)c1ccc(-c2ccc(Cl)cc2)o1. The number of carbonyl (C=O) groups excluding carboxylic acids is 2. The van der Waals surface area contributed by atoms with Crippen molar-refractivity contribution in [3.8, 4) is 11.3 Å². The number of hydrogen-bond donors (Lipinski definition) is 2. The Kier molecular flexibility index (Phi) is 4.37. The van der Waals surface area contributed by atoms with Crippen LogP contribution < -0.4 is 11.1 Å². The van der Waals surface area contributed by atoms with Gasteiger partial charge in [0.15, 0.2) is 5.76 Å². The molecule has 0 radical (unpaired) electrons. The quantitative estimate of drug-likeness (QED) is 0.514. The Morgan fingerprint density at radius 1 is 1.00 bits per heavy atom. The van der Waals surface area contributed by atoms with Crippen molar-refractivity contribution in [3.63, 3.8) is 0 Å². The Hall–Kier alpha value is -3.58. The van der Waals surface area contributed by atoms with Gasteiger partial charge in [0, 0.05) is 16.0 Å². The minimum Gasteiger partial charge on any atom is -0.451 e. The van der Waals surface area contributed by atoms with Gasteiger partial charge in [-0.25, -0.2) is 4.39 Å². The number of primary amides is 1. The van der Waals surface area contributed by atoms with Crippen molar-refractivity contribution >= 4 is 40.1 Å². The molecule has 4 aromatic rings. The van der Waals surface area contributed by atoms with Crippen molar-refractivity contribution in [1.29, 1.82) is 0 Å². The third kappa shape index (κ3) is 3.23. The van der Waals surface area contributed by atoms with Gasteiger partial charge in [0.1, 0.15) is 22.8 Å². The molecule has 2 aromatic heterocycles. The summed E-state index contributed by atoms with van der Waals surface area (Å²) in [6, 6.07) is 13.7. The fraction of sp³-hybridized carbons (Fsp3) is 0. The summed E-state index contributed by atoms with van der Waals surface area (Å²) in [5.74, 6) is -1.92. The van der Waals surface area contributed by atoms with Gasteiger partial charge in [0.05, 0.1) is 0 Å². The fourth-order valence-electron chi connectivity index (χ4n) is 2.77. The lowest BCUT2D eigenvalue weighted by atomic mass is 10.2. The van der Waals surface area contributed by atoms with Crippen molar-refractivity contribution < 1.29 is 22.8 Å². The molecule has 4 rings (SSSR count). The number of carbonyl (C=O) groups is 2. The second-order valence-corrected chi connectivity index (χ2v) is 6.37. The topological polar surface area (TPSA) is 98.5 Å². The van der Waals surface area contributed by atoms with Gasteiger partial charge in [-0.05, 0) is 54.6 Å². The van der Waals surface area contributed by atoms with Crippen LogP contribution in [0.5, 0.6) is 0 Å². The molecular formula is C20H12ClFN2O4. The number of furan rings is 2. The average Bonchev–Trinajstić information content (AvgIpc) is 3.28. The van der Waals surface area contributed by atoms with Crippen molar-refractivity contribution in [2.45, 2.75) is 0 Å². The molecule has 2 aromatic carbocycles. The molecule has 0 saturated carbocycles. The maximum atomic E-state index is 13.6. The second kappa shape index (κ2) is 6.86. The maximum Gasteiger partial charge on any atom is 0.291 e. The van der Waals surface area contributed by atoms with Gasteiger partial charge >= 0.3 is 0 Å². The lowest BCUT2D eigenvalue weighted by Gasteiger charge is -2.03. The van der Waals surface area contributed by atoms with Crippen molar-refractivity contribution in [2.24, 2.45) is 5.73 Å². The Bertz CT molecular complexity index is 1210. The predicted octanol–water partition coefficient (Wildman–Crippen LogP) is 4.84. The molecule has 0 aliphatic carbocycles. The molecule has 0 bridgehead atoms. The zero-order valence-corrected chi connectivity index (χ0v) is 14.9. The van der Waals surface area contributed by atoms with Gasteiger partial charge in [-0.2, -0.15) is 0 Å². The molecule has 6 nitrogen and oxygen atoms in total. The zero-order chi connectivity index (χ0) is 19.8. The van der Waals surface area contributed by atoms with Crippen LogP contribution in [0.4, 0.5) is 10.1 Å². The van der Waals surface area contributed by atoms with E-state index in [4.69, 9.17) is 26.2 Å². The number of anilines is 1. The summed E-state index contributed by atoms with van der Waals surface area (Å²) in [5.41, 5.74) is 6.24. The monoisotopic (exact) mass is 398 g/mol. The zero-order valence-electron chi connectivity index (χ0n) is 14.2. The largest absolute Gasteiger partial charge is 0.451 e. The van der Waals surface area contributed by atoms with Gasteiger partial charge in [-0.1, -0.05) is 11.6 Å². The van der Waals surface area contributed by atoms with E-state index in [9.17, 15) is 14.0 Å². The van der Waals surface area contributed by atoms with E-state index in [2.05, 4.69) is 5.32 Å². The molecule has 0 spiro atoms. The van der Waals surface area contributed by atoms with Gasteiger partial charge in [-0.15, -0.1) is 0 Å². The first kappa shape index (κ1) is 17.8. The van der Waals surface area contributed by atoms with E-state index >= 15 is 0 Å². The van der Waals surface area contributed by atoms with Crippen molar-refractivity contribution in [2.75, 3.05) is 5.32 Å². The maximum absolute atomic E-state index is 13.6. The van der Waals surface area contributed by atoms with Crippen LogP contribution in [-0.4, -0.2) is 11.8 Å². The van der Waals surface area contributed by atoms with Crippen LogP contribution >= 0.6 is 11.6 Å². The van der Waals surface area contributed by atoms with Gasteiger partial charge in [-0.3, -0.25) is 9.59 Å². The van der Waals surface area contributed by atoms with E-state index in [1.54, 1.807) is 30.3 Å². The summed E-state index contributed by atoms with van der Waals surface area (Å²) in [4.78, 5) is 24.3. The molecule has 0 atom stereocenters. The highest BCUT2D eigenvalue weighted by molar-refractivity contribution is 6.30. The molecule has 2 amide bonds. The third-order valence-corrected chi connectivity index (χ3v) is 4.32. The number of nitrogens with two attached hydrogens (primary N) is 1. The third-order valence-electron chi connectivity index (χ3n) is 4.07.